The zero-order valence-electron chi connectivity index (χ0n) is 10.3. The summed E-state index contributed by atoms with van der Waals surface area (Å²) in [5, 5.41) is 0. The van der Waals surface area contributed by atoms with Crippen LogP contribution in [-0.2, 0) is 11.3 Å². The predicted octanol–water partition coefficient (Wildman–Crippen LogP) is 2.06. The molecule has 4 heteroatoms. The van der Waals surface area contributed by atoms with E-state index < -0.39 is 0 Å². The minimum absolute atomic E-state index is 0.256. The molecule has 1 atom stereocenters. The van der Waals surface area contributed by atoms with Crippen molar-refractivity contribution >= 4 is 0 Å². The molecule has 1 heterocycles. The Kier molecular flexibility index (Phi) is 3.97. The van der Waals surface area contributed by atoms with Gasteiger partial charge >= 0.3 is 0 Å². The van der Waals surface area contributed by atoms with Gasteiger partial charge in [-0.2, -0.15) is 0 Å². The van der Waals surface area contributed by atoms with Crippen molar-refractivity contribution in [2.24, 2.45) is 0 Å². The van der Waals surface area contributed by atoms with E-state index in [-0.39, 0.29) is 11.9 Å². The lowest BCUT2D eigenvalue weighted by Gasteiger charge is -2.31. The number of ether oxygens (including phenoxy) is 2. The van der Waals surface area contributed by atoms with Crippen molar-refractivity contribution in [1.82, 2.24) is 4.90 Å². The fraction of sp³-hybridized carbons (Fsp3) is 0.538. The summed E-state index contributed by atoms with van der Waals surface area (Å²) in [7, 11) is 1.47. The molecule has 0 amide bonds. The summed E-state index contributed by atoms with van der Waals surface area (Å²) in [4.78, 5) is 2.27. The molecule has 1 aromatic rings. The Hall–Kier alpha value is -1.13. The van der Waals surface area contributed by atoms with Gasteiger partial charge in [-0.25, -0.2) is 4.39 Å². The summed E-state index contributed by atoms with van der Waals surface area (Å²) in [6, 6.07) is 5.12. The third-order valence-electron chi connectivity index (χ3n) is 2.95. The van der Waals surface area contributed by atoms with Crippen molar-refractivity contribution in [3.63, 3.8) is 0 Å². The summed E-state index contributed by atoms with van der Waals surface area (Å²) in [5.74, 6) is -0.00426. The van der Waals surface area contributed by atoms with E-state index in [4.69, 9.17) is 9.47 Å². The Bertz CT molecular complexity index is 384. The Labute approximate surface area is 101 Å². The first-order valence-electron chi connectivity index (χ1n) is 5.85. The fourth-order valence-corrected chi connectivity index (χ4v) is 2.10. The quantitative estimate of drug-likeness (QED) is 0.806. The lowest BCUT2D eigenvalue weighted by Crippen LogP contribution is -2.40. The average Bonchev–Trinajstić information content (AvgIpc) is 2.29. The lowest BCUT2D eigenvalue weighted by atomic mass is 10.2. The molecule has 2 rings (SSSR count). The Morgan fingerprint density at radius 1 is 1.53 bits per heavy atom. The van der Waals surface area contributed by atoms with Gasteiger partial charge in [0, 0.05) is 19.6 Å². The van der Waals surface area contributed by atoms with Crippen LogP contribution in [0.25, 0.3) is 0 Å². The number of rotatable bonds is 3. The van der Waals surface area contributed by atoms with Gasteiger partial charge in [-0.1, -0.05) is 6.07 Å². The van der Waals surface area contributed by atoms with Crippen LogP contribution in [0, 0.1) is 5.82 Å². The van der Waals surface area contributed by atoms with Crippen molar-refractivity contribution in [2.75, 3.05) is 26.8 Å². The largest absolute Gasteiger partial charge is 0.494 e. The van der Waals surface area contributed by atoms with E-state index in [1.807, 2.05) is 6.07 Å². The van der Waals surface area contributed by atoms with E-state index >= 15 is 0 Å². The normalized spacial score (nSPS) is 21.5. The zero-order valence-corrected chi connectivity index (χ0v) is 10.3. The van der Waals surface area contributed by atoms with E-state index in [1.165, 1.54) is 7.11 Å². The monoisotopic (exact) mass is 239 g/mol. The molecular formula is C13H18FNO2. The van der Waals surface area contributed by atoms with Crippen LogP contribution >= 0.6 is 0 Å². The van der Waals surface area contributed by atoms with Gasteiger partial charge in [-0.05, 0) is 24.6 Å². The Balaban J connectivity index is 2.00. The van der Waals surface area contributed by atoms with E-state index in [9.17, 15) is 4.39 Å². The fourth-order valence-electron chi connectivity index (χ4n) is 2.10. The molecule has 1 fully saturated rings. The standard InChI is InChI=1S/C13H18FNO2/c1-10-8-15(5-6-17-10)9-11-3-4-13(16-2)12(14)7-11/h3-4,7,10H,5-6,8-9H2,1-2H3/t10-/m0/s1. The summed E-state index contributed by atoms with van der Waals surface area (Å²) in [6.45, 7) is 5.36. The Morgan fingerprint density at radius 3 is 3.00 bits per heavy atom. The van der Waals surface area contributed by atoms with E-state index in [1.54, 1.807) is 12.1 Å². The van der Waals surface area contributed by atoms with Crippen LogP contribution in [0.15, 0.2) is 18.2 Å². The van der Waals surface area contributed by atoms with E-state index in [0.717, 1.165) is 31.8 Å². The van der Waals surface area contributed by atoms with Crippen molar-refractivity contribution in [3.8, 4) is 5.75 Å². The first-order valence-corrected chi connectivity index (χ1v) is 5.85. The molecule has 1 aliphatic rings. The molecule has 0 saturated carbocycles. The molecule has 0 aromatic heterocycles. The van der Waals surface area contributed by atoms with Crippen LogP contribution < -0.4 is 4.74 Å². The first kappa shape index (κ1) is 12.3. The van der Waals surface area contributed by atoms with Crippen LogP contribution in [0.3, 0.4) is 0 Å². The second-order valence-corrected chi connectivity index (χ2v) is 4.39. The van der Waals surface area contributed by atoms with Gasteiger partial charge in [-0.15, -0.1) is 0 Å². The van der Waals surface area contributed by atoms with Gasteiger partial charge in [0.15, 0.2) is 11.6 Å². The molecule has 0 radical (unpaired) electrons. The highest BCUT2D eigenvalue weighted by atomic mass is 19.1. The number of halogens is 1. The average molecular weight is 239 g/mol. The van der Waals surface area contributed by atoms with Gasteiger partial charge in [0.25, 0.3) is 0 Å². The van der Waals surface area contributed by atoms with Crippen LogP contribution in [0.4, 0.5) is 4.39 Å². The van der Waals surface area contributed by atoms with E-state index in [2.05, 4.69) is 11.8 Å². The van der Waals surface area contributed by atoms with Crippen LogP contribution in [-0.4, -0.2) is 37.8 Å². The lowest BCUT2D eigenvalue weighted by molar-refractivity contribution is -0.0212. The van der Waals surface area contributed by atoms with Crippen LogP contribution in [0.2, 0.25) is 0 Å². The maximum Gasteiger partial charge on any atom is 0.165 e. The molecule has 0 unspecified atom stereocenters. The van der Waals surface area contributed by atoms with Crippen molar-refractivity contribution < 1.29 is 13.9 Å². The van der Waals surface area contributed by atoms with Gasteiger partial charge in [0.1, 0.15) is 0 Å². The van der Waals surface area contributed by atoms with Gasteiger partial charge < -0.3 is 9.47 Å². The number of morpholine rings is 1. The maximum absolute atomic E-state index is 13.5. The highest BCUT2D eigenvalue weighted by Crippen LogP contribution is 2.19. The molecule has 1 aromatic carbocycles. The molecule has 0 bridgehead atoms. The van der Waals surface area contributed by atoms with Crippen LogP contribution in [0.1, 0.15) is 12.5 Å². The molecule has 1 saturated heterocycles. The molecule has 0 aliphatic carbocycles. The number of hydrogen-bond donors (Lipinski definition) is 0. The van der Waals surface area contributed by atoms with Crippen LogP contribution in [0.5, 0.6) is 5.75 Å². The summed E-state index contributed by atoms with van der Waals surface area (Å²) >= 11 is 0. The second-order valence-electron chi connectivity index (χ2n) is 4.39. The number of benzene rings is 1. The second kappa shape index (κ2) is 5.47. The highest BCUT2D eigenvalue weighted by molar-refractivity contribution is 5.29. The maximum atomic E-state index is 13.5. The van der Waals surface area contributed by atoms with Gasteiger partial charge in [0.2, 0.25) is 0 Å². The van der Waals surface area contributed by atoms with Crippen molar-refractivity contribution in [3.05, 3.63) is 29.6 Å². The molecular weight excluding hydrogens is 221 g/mol. The number of methoxy groups -OCH3 is 1. The molecule has 0 spiro atoms. The van der Waals surface area contributed by atoms with Gasteiger partial charge in [0.05, 0.1) is 19.8 Å². The molecule has 0 N–H and O–H groups in total. The third-order valence-corrected chi connectivity index (χ3v) is 2.95. The summed E-state index contributed by atoms with van der Waals surface area (Å²) in [6.07, 6.45) is 0.256. The summed E-state index contributed by atoms with van der Waals surface area (Å²) < 4.78 is 23.9. The Morgan fingerprint density at radius 2 is 2.35 bits per heavy atom. The third kappa shape index (κ3) is 3.17. The smallest absolute Gasteiger partial charge is 0.165 e. The highest BCUT2D eigenvalue weighted by Gasteiger charge is 2.17. The predicted molar refractivity (Wildman–Crippen MR) is 63.6 cm³/mol. The molecule has 17 heavy (non-hydrogen) atoms. The summed E-state index contributed by atoms with van der Waals surface area (Å²) in [5.41, 5.74) is 0.970. The molecule has 94 valence electrons. The zero-order chi connectivity index (χ0) is 12.3. The van der Waals surface area contributed by atoms with E-state index in [0.29, 0.717) is 5.75 Å². The molecule has 1 aliphatic heterocycles. The van der Waals surface area contributed by atoms with Crippen molar-refractivity contribution in [1.29, 1.82) is 0 Å². The number of hydrogen-bond acceptors (Lipinski definition) is 3. The number of nitrogens with zero attached hydrogens (tertiary/aromatic N) is 1. The van der Waals surface area contributed by atoms with Gasteiger partial charge in [-0.3, -0.25) is 4.90 Å². The first-order chi connectivity index (χ1) is 8.19. The minimum atomic E-state index is -0.300. The van der Waals surface area contributed by atoms with Crippen molar-refractivity contribution in [2.45, 2.75) is 19.6 Å². The molecule has 3 nitrogen and oxygen atoms in total. The topological polar surface area (TPSA) is 21.7 Å². The minimum Gasteiger partial charge on any atom is -0.494 e. The SMILES string of the molecule is COc1ccc(CN2CCO[C@@H](C)C2)cc1F.